The minimum absolute atomic E-state index is 0.0648. The summed E-state index contributed by atoms with van der Waals surface area (Å²) in [7, 11) is -4.34. The summed E-state index contributed by atoms with van der Waals surface area (Å²) in [6.07, 6.45) is 17.6. The maximum atomic E-state index is 11.7. The smallest absolute Gasteiger partial charge is 0.300 e. The summed E-state index contributed by atoms with van der Waals surface area (Å²) in [6.45, 7) is 2.18. The van der Waals surface area contributed by atoms with Crippen molar-refractivity contribution in [2.24, 2.45) is 0 Å². The summed E-state index contributed by atoms with van der Waals surface area (Å²) in [4.78, 5) is 11.7. The molecular weight excluding hydrogens is 340 g/mol. The molecule has 150 valence electrons. The van der Waals surface area contributed by atoms with Crippen LogP contribution < -0.4 is 0 Å². The van der Waals surface area contributed by atoms with Crippen LogP contribution in [0.3, 0.4) is 0 Å². The van der Waals surface area contributed by atoms with Gasteiger partial charge in [0.25, 0.3) is 0 Å². The van der Waals surface area contributed by atoms with Crippen molar-refractivity contribution < 1.29 is 21.9 Å². The molecule has 1 N–H and O–H groups in total. The lowest BCUT2D eigenvalue weighted by Gasteiger charge is -2.03. The molecule has 0 fully saturated rings. The molecule has 0 atom stereocenters. The van der Waals surface area contributed by atoms with Gasteiger partial charge in [-0.15, -0.1) is 0 Å². The van der Waals surface area contributed by atoms with Crippen LogP contribution in [0.5, 0.6) is 0 Å². The fourth-order valence-corrected chi connectivity index (χ4v) is 3.21. The first-order chi connectivity index (χ1) is 12.0. The van der Waals surface area contributed by atoms with E-state index in [-0.39, 0.29) is 12.4 Å². The van der Waals surface area contributed by atoms with E-state index >= 15 is 0 Å². The van der Waals surface area contributed by atoms with Crippen LogP contribution >= 0.6 is 0 Å². The summed E-state index contributed by atoms with van der Waals surface area (Å²) in [6, 6.07) is 0. The second-order valence-corrected chi connectivity index (χ2v) is 7.98. The van der Waals surface area contributed by atoms with E-state index in [0.29, 0.717) is 25.7 Å². The Balaban J connectivity index is 3.22. The number of unbranched alkanes of at least 4 members (excludes halogenated alkanes) is 12. The quantitative estimate of drug-likeness (QED) is 0.232. The minimum atomic E-state index is -4.34. The van der Waals surface area contributed by atoms with Crippen LogP contribution in [-0.4, -0.2) is 25.4 Å². The van der Waals surface area contributed by atoms with Gasteiger partial charge in [0, 0.05) is 12.8 Å². The highest BCUT2D eigenvalue weighted by Crippen LogP contribution is 2.13. The molecule has 0 aromatic heterocycles. The van der Waals surface area contributed by atoms with Crippen LogP contribution in [0.4, 0.5) is 0 Å². The molecule has 0 saturated heterocycles. The molecule has 5 nitrogen and oxygen atoms in total. The largest absolute Gasteiger partial charge is 0.397 e. The number of rotatable bonds is 19. The average molecular weight is 379 g/mol. The summed E-state index contributed by atoms with van der Waals surface area (Å²) < 4.78 is 33.3. The van der Waals surface area contributed by atoms with E-state index in [1.807, 2.05) is 0 Å². The van der Waals surface area contributed by atoms with Crippen molar-refractivity contribution in [1.82, 2.24) is 0 Å². The molecular formula is C19H38O5S. The van der Waals surface area contributed by atoms with E-state index in [0.717, 1.165) is 12.8 Å². The lowest BCUT2D eigenvalue weighted by atomic mass is 10.0. The van der Waals surface area contributed by atoms with Crippen molar-refractivity contribution in [3.05, 3.63) is 0 Å². The summed E-state index contributed by atoms with van der Waals surface area (Å²) in [5.74, 6) is 0.235. The van der Waals surface area contributed by atoms with Crippen molar-refractivity contribution >= 4 is 16.2 Å². The second kappa shape index (κ2) is 17.0. The molecule has 0 spiro atoms. The molecule has 0 aromatic rings. The molecule has 0 aliphatic rings. The first kappa shape index (κ1) is 24.5. The molecule has 0 aliphatic heterocycles. The molecule has 0 aliphatic carbocycles. The predicted octanol–water partition coefficient (Wildman–Crippen LogP) is 5.64. The third kappa shape index (κ3) is 21.5. The van der Waals surface area contributed by atoms with Gasteiger partial charge in [-0.1, -0.05) is 77.6 Å². The summed E-state index contributed by atoms with van der Waals surface area (Å²) >= 11 is 0. The van der Waals surface area contributed by atoms with Crippen LogP contribution in [-0.2, 0) is 19.4 Å². The van der Waals surface area contributed by atoms with E-state index in [4.69, 9.17) is 4.55 Å². The Bertz CT molecular complexity index is 406. The normalized spacial score (nSPS) is 11.8. The number of carbonyl (C=O) groups is 1. The molecule has 0 saturated carbocycles. The van der Waals surface area contributed by atoms with Crippen LogP contribution in [0.25, 0.3) is 0 Å². The number of hydrogen-bond donors (Lipinski definition) is 1. The Morgan fingerprint density at radius 2 is 1.12 bits per heavy atom. The standard InChI is InChI=1S/C19H38O5S/c1-2-3-4-5-6-7-8-9-10-11-12-13-16-19(20)17-14-15-18-24-25(21,22)23/h2-18H2,1H3,(H,21,22,23). The molecule has 0 rings (SSSR count). The zero-order chi connectivity index (χ0) is 18.8. The first-order valence-electron chi connectivity index (χ1n) is 10.1. The number of ketones is 1. The zero-order valence-corrected chi connectivity index (χ0v) is 16.8. The van der Waals surface area contributed by atoms with E-state index in [1.165, 1.54) is 64.2 Å². The SMILES string of the molecule is CCCCCCCCCCCCCCC(=O)CCCCOS(=O)(=O)O. The Kier molecular flexibility index (Phi) is 16.7. The van der Waals surface area contributed by atoms with Crippen LogP contribution in [0, 0.1) is 0 Å². The van der Waals surface area contributed by atoms with Crippen LogP contribution in [0.2, 0.25) is 0 Å². The Labute approximate surface area is 154 Å². The Morgan fingerprint density at radius 1 is 0.720 bits per heavy atom. The van der Waals surface area contributed by atoms with Gasteiger partial charge in [-0.25, -0.2) is 4.18 Å². The molecule has 0 radical (unpaired) electrons. The topological polar surface area (TPSA) is 80.7 Å². The van der Waals surface area contributed by atoms with Gasteiger partial charge in [0.05, 0.1) is 6.61 Å². The van der Waals surface area contributed by atoms with Gasteiger partial charge in [-0.2, -0.15) is 8.42 Å². The zero-order valence-electron chi connectivity index (χ0n) is 16.0. The Morgan fingerprint density at radius 3 is 1.56 bits per heavy atom. The van der Waals surface area contributed by atoms with Crippen molar-refractivity contribution in [2.75, 3.05) is 6.61 Å². The van der Waals surface area contributed by atoms with E-state index in [1.54, 1.807) is 0 Å². The molecule has 0 unspecified atom stereocenters. The van der Waals surface area contributed by atoms with Gasteiger partial charge < -0.3 is 0 Å². The first-order valence-corrected chi connectivity index (χ1v) is 11.5. The molecule has 6 heteroatoms. The highest BCUT2D eigenvalue weighted by molar-refractivity contribution is 7.80. The number of Topliss-reactive ketones (excluding diaryl/α,β-unsaturated/α-hetero) is 1. The van der Waals surface area contributed by atoms with Crippen LogP contribution in [0.1, 0.15) is 110 Å². The van der Waals surface area contributed by atoms with Crippen molar-refractivity contribution in [1.29, 1.82) is 0 Å². The predicted molar refractivity (Wildman–Crippen MR) is 102 cm³/mol. The number of hydrogen-bond acceptors (Lipinski definition) is 4. The van der Waals surface area contributed by atoms with Gasteiger partial charge >= 0.3 is 10.4 Å². The maximum absolute atomic E-state index is 11.7. The Hall–Kier alpha value is -0.460. The lowest BCUT2D eigenvalue weighted by molar-refractivity contribution is -0.119. The highest BCUT2D eigenvalue weighted by atomic mass is 32.3. The van der Waals surface area contributed by atoms with Gasteiger partial charge in [-0.3, -0.25) is 9.35 Å². The fourth-order valence-electron chi connectivity index (χ4n) is 2.88. The molecule has 0 amide bonds. The van der Waals surface area contributed by atoms with Gasteiger partial charge in [0.15, 0.2) is 0 Å². The monoisotopic (exact) mass is 378 g/mol. The average Bonchev–Trinajstić information content (AvgIpc) is 2.54. The highest BCUT2D eigenvalue weighted by Gasteiger charge is 2.05. The van der Waals surface area contributed by atoms with E-state index in [9.17, 15) is 13.2 Å². The van der Waals surface area contributed by atoms with E-state index in [2.05, 4.69) is 11.1 Å². The van der Waals surface area contributed by atoms with Gasteiger partial charge in [-0.05, 0) is 19.3 Å². The second-order valence-electron chi connectivity index (χ2n) is 6.88. The lowest BCUT2D eigenvalue weighted by Crippen LogP contribution is -2.05. The number of carbonyl (C=O) groups excluding carboxylic acids is 1. The summed E-state index contributed by atoms with van der Waals surface area (Å²) in [5, 5.41) is 0. The molecule has 0 aromatic carbocycles. The van der Waals surface area contributed by atoms with Crippen molar-refractivity contribution in [3.8, 4) is 0 Å². The fraction of sp³-hybridized carbons (Fsp3) is 0.947. The van der Waals surface area contributed by atoms with E-state index < -0.39 is 10.4 Å². The van der Waals surface area contributed by atoms with Crippen molar-refractivity contribution in [3.63, 3.8) is 0 Å². The molecule has 0 heterocycles. The van der Waals surface area contributed by atoms with Crippen molar-refractivity contribution in [2.45, 2.75) is 110 Å². The maximum Gasteiger partial charge on any atom is 0.397 e. The minimum Gasteiger partial charge on any atom is -0.300 e. The third-order valence-corrected chi connectivity index (χ3v) is 4.86. The molecule has 25 heavy (non-hydrogen) atoms. The van der Waals surface area contributed by atoms with Crippen LogP contribution in [0.15, 0.2) is 0 Å². The van der Waals surface area contributed by atoms with Gasteiger partial charge in [0.2, 0.25) is 0 Å². The summed E-state index contributed by atoms with van der Waals surface area (Å²) in [5.41, 5.74) is 0. The third-order valence-electron chi connectivity index (χ3n) is 4.39. The molecule has 0 bridgehead atoms. The van der Waals surface area contributed by atoms with Gasteiger partial charge in [0.1, 0.15) is 5.78 Å².